The Morgan fingerprint density at radius 2 is 1.42 bits per heavy atom. The van der Waals surface area contributed by atoms with E-state index in [-0.39, 0.29) is 10.7 Å². The van der Waals surface area contributed by atoms with E-state index in [0.29, 0.717) is 22.8 Å². The van der Waals surface area contributed by atoms with E-state index in [1.165, 1.54) is 21.3 Å². The molecule has 0 bridgehead atoms. The first-order valence-corrected chi connectivity index (χ1v) is 9.46. The van der Waals surface area contributed by atoms with Crippen LogP contribution in [0.4, 0.5) is 0 Å². The van der Waals surface area contributed by atoms with Gasteiger partial charge in [0.15, 0.2) is 11.5 Å². The lowest BCUT2D eigenvalue weighted by molar-refractivity contribution is 0.324. The fourth-order valence-electron chi connectivity index (χ4n) is 3.42. The molecular formula is C23H21N3O5. The predicted molar refractivity (Wildman–Crippen MR) is 118 cm³/mol. The van der Waals surface area contributed by atoms with Crippen molar-refractivity contribution in [1.29, 1.82) is 0 Å². The molecule has 2 aromatic carbocycles. The molecule has 0 radical (unpaired) electrons. The first-order valence-electron chi connectivity index (χ1n) is 9.46. The minimum Gasteiger partial charge on any atom is -0.493 e. The van der Waals surface area contributed by atoms with Gasteiger partial charge in [0.25, 0.3) is 11.1 Å². The van der Waals surface area contributed by atoms with E-state index in [2.05, 4.69) is 15.0 Å². The van der Waals surface area contributed by atoms with Crippen molar-refractivity contribution < 1.29 is 14.2 Å². The summed E-state index contributed by atoms with van der Waals surface area (Å²) in [6.45, 7) is 0. The molecule has 8 heteroatoms. The largest absolute Gasteiger partial charge is 0.493 e. The Hall–Kier alpha value is -4.20. The molecule has 0 saturated carbocycles. The van der Waals surface area contributed by atoms with Crippen molar-refractivity contribution in [3.05, 3.63) is 85.1 Å². The van der Waals surface area contributed by atoms with Gasteiger partial charge in [-0.15, -0.1) is 0 Å². The SMILES string of the molecule is COc1cc(/C=c2/[nH]c(=O)/c(=C\c3c[nH]c4ccccc34)[nH]c2=O)cc(OC)c1OC. The summed E-state index contributed by atoms with van der Waals surface area (Å²) < 4.78 is 16.0. The fraction of sp³-hybridized carbons (Fsp3) is 0.130. The molecule has 2 heterocycles. The number of fused-ring (bicyclic) bond motifs is 1. The maximum atomic E-state index is 12.6. The zero-order valence-corrected chi connectivity index (χ0v) is 17.2. The number of benzene rings is 2. The summed E-state index contributed by atoms with van der Waals surface area (Å²) in [5.74, 6) is 1.32. The quantitative estimate of drug-likeness (QED) is 0.451. The van der Waals surface area contributed by atoms with E-state index >= 15 is 0 Å². The number of para-hydroxylation sites is 1. The molecule has 0 aliphatic heterocycles. The second-order valence-electron chi connectivity index (χ2n) is 6.77. The lowest BCUT2D eigenvalue weighted by Crippen LogP contribution is -2.46. The summed E-state index contributed by atoms with van der Waals surface area (Å²) in [4.78, 5) is 33.7. The molecule has 4 rings (SSSR count). The van der Waals surface area contributed by atoms with Crippen LogP contribution in [0.2, 0.25) is 0 Å². The maximum absolute atomic E-state index is 12.6. The predicted octanol–water partition coefficient (Wildman–Crippen LogP) is 1.23. The summed E-state index contributed by atoms with van der Waals surface area (Å²) >= 11 is 0. The van der Waals surface area contributed by atoms with E-state index < -0.39 is 11.1 Å². The Kier molecular flexibility index (Phi) is 5.36. The number of nitrogens with one attached hydrogen (secondary N) is 3. The van der Waals surface area contributed by atoms with Gasteiger partial charge in [0, 0.05) is 22.7 Å². The van der Waals surface area contributed by atoms with E-state index in [1.807, 2.05) is 24.3 Å². The molecule has 3 N–H and O–H groups in total. The lowest BCUT2D eigenvalue weighted by Gasteiger charge is -2.12. The topological polar surface area (TPSA) is 109 Å². The van der Waals surface area contributed by atoms with Crippen molar-refractivity contribution in [3.63, 3.8) is 0 Å². The van der Waals surface area contributed by atoms with Crippen molar-refractivity contribution in [2.75, 3.05) is 21.3 Å². The molecule has 158 valence electrons. The van der Waals surface area contributed by atoms with Crippen LogP contribution in [0, 0.1) is 0 Å². The molecule has 8 nitrogen and oxygen atoms in total. The van der Waals surface area contributed by atoms with E-state index in [4.69, 9.17) is 14.2 Å². The molecule has 0 aliphatic carbocycles. The van der Waals surface area contributed by atoms with Crippen LogP contribution in [0.1, 0.15) is 11.1 Å². The molecule has 0 aliphatic rings. The summed E-state index contributed by atoms with van der Waals surface area (Å²) in [5, 5.41) is 1.22. The molecular weight excluding hydrogens is 398 g/mol. The molecule has 31 heavy (non-hydrogen) atoms. The van der Waals surface area contributed by atoms with Gasteiger partial charge in [0.1, 0.15) is 10.7 Å². The Balaban J connectivity index is 1.84. The zero-order valence-electron chi connectivity index (χ0n) is 17.2. The highest BCUT2D eigenvalue weighted by Gasteiger charge is 2.12. The average molecular weight is 419 g/mol. The molecule has 0 saturated heterocycles. The molecule has 0 amide bonds. The molecule has 0 atom stereocenters. The van der Waals surface area contributed by atoms with Crippen LogP contribution in [0.3, 0.4) is 0 Å². The van der Waals surface area contributed by atoms with Crippen LogP contribution in [-0.4, -0.2) is 36.3 Å². The Bertz CT molecular complexity index is 1470. The lowest BCUT2D eigenvalue weighted by atomic mass is 10.1. The standard InChI is InChI=1S/C23H21N3O5/c1-29-19-9-13(10-20(30-2)21(19)31-3)8-17-22(27)26-18(23(28)25-17)11-14-12-24-16-7-5-4-6-15(14)16/h4-12,24H,1-3H3,(H,25,28)(H,26,27)/b17-8+,18-11+. The Labute approximate surface area is 176 Å². The van der Waals surface area contributed by atoms with Crippen LogP contribution in [0.15, 0.2) is 52.2 Å². The van der Waals surface area contributed by atoms with Gasteiger partial charge in [-0.1, -0.05) is 18.2 Å². The van der Waals surface area contributed by atoms with Crippen LogP contribution < -0.4 is 36.0 Å². The van der Waals surface area contributed by atoms with Gasteiger partial charge >= 0.3 is 0 Å². The van der Waals surface area contributed by atoms with Gasteiger partial charge < -0.3 is 29.2 Å². The molecule has 0 spiro atoms. The summed E-state index contributed by atoms with van der Waals surface area (Å²) in [7, 11) is 4.52. The van der Waals surface area contributed by atoms with Crippen molar-refractivity contribution in [1.82, 2.24) is 15.0 Å². The summed E-state index contributed by atoms with van der Waals surface area (Å²) in [6.07, 6.45) is 4.97. The first kappa shape index (κ1) is 20.1. The third-order valence-electron chi connectivity index (χ3n) is 4.90. The zero-order chi connectivity index (χ0) is 22.0. The summed E-state index contributed by atoms with van der Waals surface area (Å²) in [5.41, 5.74) is 1.50. The van der Waals surface area contributed by atoms with Gasteiger partial charge in [-0.3, -0.25) is 9.59 Å². The number of hydrogen-bond donors (Lipinski definition) is 3. The van der Waals surface area contributed by atoms with E-state index in [9.17, 15) is 9.59 Å². The summed E-state index contributed by atoms with van der Waals surface area (Å²) in [6, 6.07) is 11.1. The Morgan fingerprint density at radius 1 is 0.806 bits per heavy atom. The number of H-pyrrole nitrogens is 3. The second-order valence-corrected chi connectivity index (χ2v) is 6.77. The second kappa shape index (κ2) is 8.27. The molecule has 0 fully saturated rings. The van der Waals surface area contributed by atoms with Crippen LogP contribution in [0.25, 0.3) is 23.1 Å². The first-order chi connectivity index (χ1) is 15.0. The van der Waals surface area contributed by atoms with E-state index in [1.54, 1.807) is 30.5 Å². The van der Waals surface area contributed by atoms with Crippen molar-refractivity contribution in [2.45, 2.75) is 0 Å². The highest BCUT2D eigenvalue weighted by atomic mass is 16.5. The molecule has 4 aromatic rings. The normalized spacial score (nSPS) is 12.4. The molecule has 2 aromatic heterocycles. The molecule has 0 unspecified atom stereocenters. The van der Waals surface area contributed by atoms with Crippen LogP contribution in [-0.2, 0) is 0 Å². The monoisotopic (exact) mass is 419 g/mol. The highest BCUT2D eigenvalue weighted by Crippen LogP contribution is 2.38. The van der Waals surface area contributed by atoms with Crippen molar-refractivity contribution in [2.24, 2.45) is 0 Å². The van der Waals surface area contributed by atoms with Crippen molar-refractivity contribution >= 4 is 23.1 Å². The average Bonchev–Trinajstić information content (AvgIpc) is 3.19. The highest BCUT2D eigenvalue weighted by molar-refractivity contribution is 5.88. The number of methoxy groups -OCH3 is 3. The van der Waals surface area contributed by atoms with Gasteiger partial charge in [-0.2, -0.15) is 0 Å². The van der Waals surface area contributed by atoms with Gasteiger partial charge in [-0.25, -0.2) is 0 Å². The Morgan fingerprint density at radius 3 is 2.03 bits per heavy atom. The minimum absolute atomic E-state index is 0.107. The minimum atomic E-state index is -0.431. The van der Waals surface area contributed by atoms with Crippen molar-refractivity contribution in [3.8, 4) is 17.2 Å². The number of aromatic amines is 3. The maximum Gasteiger partial charge on any atom is 0.272 e. The van der Waals surface area contributed by atoms with Gasteiger partial charge in [-0.05, 0) is 35.9 Å². The van der Waals surface area contributed by atoms with Gasteiger partial charge in [0.2, 0.25) is 5.75 Å². The van der Waals surface area contributed by atoms with Crippen LogP contribution >= 0.6 is 0 Å². The fourth-order valence-corrected chi connectivity index (χ4v) is 3.42. The smallest absolute Gasteiger partial charge is 0.272 e. The number of ether oxygens (including phenoxy) is 3. The third kappa shape index (κ3) is 3.83. The van der Waals surface area contributed by atoms with Gasteiger partial charge in [0.05, 0.1) is 21.3 Å². The number of aromatic nitrogens is 3. The van der Waals surface area contributed by atoms with Crippen LogP contribution in [0.5, 0.6) is 17.2 Å². The number of hydrogen-bond acceptors (Lipinski definition) is 5. The van der Waals surface area contributed by atoms with E-state index in [0.717, 1.165) is 16.5 Å². The third-order valence-corrected chi connectivity index (χ3v) is 4.90. The number of rotatable bonds is 5.